The van der Waals surface area contributed by atoms with Crippen molar-refractivity contribution < 1.29 is 9.15 Å². The van der Waals surface area contributed by atoms with E-state index < -0.39 is 0 Å². The predicted molar refractivity (Wildman–Crippen MR) is 96.9 cm³/mol. The third-order valence-electron chi connectivity index (χ3n) is 3.51. The van der Waals surface area contributed by atoms with Gasteiger partial charge in [-0.15, -0.1) is 0 Å². The van der Waals surface area contributed by atoms with Crippen LogP contribution in [0.1, 0.15) is 26.3 Å². The molecule has 0 saturated carbocycles. The molecule has 0 unspecified atom stereocenters. The standard InChI is InChI=1S/C19H20O2.CH5N/c1-4-14-11-16(9-10-18(14)20-13(2)3)19-12-15-7-5-6-8-17(15)21-19;1-2/h5-13H,4H2,1-3H3;2H2,1H3. The Bertz CT molecular complexity index is 726. The highest BCUT2D eigenvalue weighted by Gasteiger charge is 2.10. The van der Waals surface area contributed by atoms with Crippen molar-refractivity contribution in [2.75, 3.05) is 7.05 Å². The second-order valence-electron chi connectivity index (χ2n) is 5.49. The molecule has 1 heterocycles. The Kier molecular flexibility index (Phi) is 5.83. The molecule has 0 aliphatic carbocycles. The molecule has 122 valence electrons. The molecule has 3 aromatic rings. The minimum absolute atomic E-state index is 0.187. The zero-order chi connectivity index (χ0) is 16.8. The van der Waals surface area contributed by atoms with E-state index in [0.717, 1.165) is 34.5 Å². The predicted octanol–water partition coefficient (Wildman–Crippen LogP) is 5.02. The number of hydrogen-bond donors (Lipinski definition) is 1. The van der Waals surface area contributed by atoms with Gasteiger partial charge < -0.3 is 14.9 Å². The van der Waals surface area contributed by atoms with E-state index in [-0.39, 0.29) is 6.10 Å². The van der Waals surface area contributed by atoms with E-state index in [9.17, 15) is 0 Å². The van der Waals surface area contributed by atoms with Gasteiger partial charge in [0.2, 0.25) is 0 Å². The molecule has 3 heteroatoms. The maximum Gasteiger partial charge on any atom is 0.135 e. The highest BCUT2D eigenvalue weighted by Crippen LogP contribution is 2.31. The van der Waals surface area contributed by atoms with E-state index >= 15 is 0 Å². The molecule has 0 fully saturated rings. The monoisotopic (exact) mass is 311 g/mol. The molecule has 23 heavy (non-hydrogen) atoms. The van der Waals surface area contributed by atoms with Gasteiger partial charge in [-0.3, -0.25) is 0 Å². The van der Waals surface area contributed by atoms with E-state index in [4.69, 9.17) is 9.15 Å². The summed E-state index contributed by atoms with van der Waals surface area (Å²) < 4.78 is 11.8. The lowest BCUT2D eigenvalue weighted by molar-refractivity contribution is 0.240. The topological polar surface area (TPSA) is 48.4 Å². The molecular formula is C20H25NO2. The molecule has 3 rings (SSSR count). The molecule has 2 aromatic carbocycles. The number of benzene rings is 2. The van der Waals surface area contributed by atoms with E-state index in [0.29, 0.717) is 0 Å². The normalized spacial score (nSPS) is 10.5. The Hall–Kier alpha value is -2.26. The van der Waals surface area contributed by atoms with Crippen LogP contribution in [0, 0.1) is 0 Å². The van der Waals surface area contributed by atoms with Gasteiger partial charge in [0.25, 0.3) is 0 Å². The van der Waals surface area contributed by atoms with E-state index in [1.165, 1.54) is 12.6 Å². The molecule has 0 saturated heterocycles. The lowest BCUT2D eigenvalue weighted by Crippen LogP contribution is -2.07. The minimum Gasteiger partial charge on any atom is -0.491 e. The molecular weight excluding hydrogens is 286 g/mol. The summed E-state index contributed by atoms with van der Waals surface area (Å²) >= 11 is 0. The fourth-order valence-electron chi connectivity index (χ4n) is 2.50. The third-order valence-corrected chi connectivity index (χ3v) is 3.51. The van der Waals surface area contributed by atoms with Gasteiger partial charge in [0.1, 0.15) is 17.1 Å². The van der Waals surface area contributed by atoms with Crippen molar-refractivity contribution >= 4 is 11.0 Å². The summed E-state index contributed by atoms with van der Waals surface area (Å²) in [7, 11) is 1.50. The largest absolute Gasteiger partial charge is 0.491 e. The second kappa shape index (κ2) is 7.84. The van der Waals surface area contributed by atoms with Crippen LogP contribution in [-0.4, -0.2) is 13.2 Å². The van der Waals surface area contributed by atoms with Crippen LogP contribution in [0.25, 0.3) is 22.3 Å². The summed E-state index contributed by atoms with van der Waals surface area (Å²) in [5.74, 6) is 1.87. The van der Waals surface area contributed by atoms with Crippen LogP contribution in [0.5, 0.6) is 5.75 Å². The number of rotatable bonds is 4. The first kappa shape index (κ1) is 17.1. The number of fused-ring (bicyclic) bond motifs is 1. The number of furan rings is 1. The summed E-state index contributed by atoms with van der Waals surface area (Å²) in [5, 5.41) is 1.13. The van der Waals surface area contributed by atoms with E-state index in [1.54, 1.807) is 0 Å². The fraction of sp³-hybridized carbons (Fsp3) is 0.300. The summed E-state index contributed by atoms with van der Waals surface area (Å²) in [5.41, 5.74) is 7.73. The molecule has 0 radical (unpaired) electrons. The molecule has 0 aliphatic heterocycles. The minimum atomic E-state index is 0.187. The molecule has 3 nitrogen and oxygen atoms in total. The Morgan fingerprint density at radius 3 is 2.43 bits per heavy atom. The van der Waals surface area contributed by atoms with Gasteiger partial charge in [-0.2, -0.15) is 0 Å². The van der Waals surface area contributed by atoms with Crippen LogP contribution in [-0.2, 0) is 6.42 Å². The van der Waals surface area contributed by atoms with Crippen LogP contribution in [0.2, 0.25) is 0 Å². The fourth-order valence-corrected chi connectivity index (χ4v) is 2.50. The van der Waals surface area contributed by atoms with Gasteiger partial charge in [-0.05, 0) is 63.2 Å². The van der Waals surface area contributed by atoms with Crippen molar-refractivity contribution in [2.45, 2.75) is 33.3 Å². The van der Waals surface area contributed by atoms with E-state index in [1.807, 2.05) is 38.1 Å². The maximum absolute atomic E-state index is 5.93. The highest BCUT2D eigenvalue weighted by atomic mass is 16.5. The Labute approximate surface area is 138 Å². The maximum atomic E-state index is 5.93. The van der Waals surface area contributed by atoms with Crippen LogP contribution in [0.3, 0.4) is 0 Å². The van der Waals surface area contributed by atoms with Crippen molar-refractivity contribution in [3.63, 3.8) is 0 Å². The van der Waals surface area contributed by atoms with Crippen molar-refractivity contribution in [3.05, 3.63) is 54.1 Å². The average molecular weight is 311 g/mol. The zero-order valence-corrected chi connectivity index (χ0v) is 14.3. The van der Waals surface area contributed by atoms with Gasteiger partial charge in [-0.25, -0.2) is 0 Å². The van der Waals surface area contributed by atoms with Crippen LogP contribution in [0.15, 0.2) is 52.9 Å². The zero-order valence-electron chi connectivity index (χ0n) is 14.3. The van der Waals surface area contributed by atoms with Crippen LogP contribution in [0.4, 0.5) is 0 Å². The highest BCUT2D eigenvalue weighted by molar-refractivity contribution is 5.82. The number of para-hydroxylation sites is 1. The molecule has 0 spiro atoms. The summed E-state index contributed by atoms with van der Waals surface area (Å²) in [6.07, 6.45) is 1.13. The SMILES string of the molecule is CCc1cc(-c2cc3ccccc3o2)ccc1OC(C)C.CN. The Balaban J connectivity index is 0.000000924. The summed E-state index contributed by atoms with van der Waals surface area (Å²) in [6, 6.07) is 16.4. The summed E-state index contributed by atoms with van der Waals surface area (Å²) in [4.78, 5) is 0. The molecule has 0 atom stereocenters. The van der Waals surface area contributed by atoms with Crippen LogP contribution < -0.4 is 10.5 Å². The van der Waals surface area contributed by atoms with Crippen molar-refractivity contribution in [1.82, 2.24) is 0 Å². The number of aryl methyl sites for hydroxylation is 1. The summed E-state index contributed by atoms with van der Waals surface area (Å²) in [6.45, 7) is 6.24. The van der Waals surface area contributed by atoms with Crippen molar-refractivity contribution in [2.24, 2.45) is 5.73 Å². The smallest absolute Gasteiger partial charge is 0.135 e. The van der Waals surface area contributed by atoms with Gasteiger partial charge in [-0.1, -0.05) is 25.1 Å². The Morgan fingerprint density at radius 1 is 1.04 bits per heavy atom. The first-order chi connectivity index (χ1) is 11.2. The number of hydrogen-bond acceptors (Lipinski definition) is 3. The first-order valence-electron chi connectivity index (χ1n) is 8.03. The molecule has 0 bridgehead atoms. The molecule has 0 aliphatic rings. The Morgan fingerprint density at radius 2 is 1.78 bits per heavy atom. The lowest BCUT2D eigenvalue weighted by atomic mass is 10.1. The van der Waals surface area contributed by atoms with Gasteiger partial charge in [0.15, 0.2) is 0 Å². The van der Waals surface area contributed by atoms with Crippen molar-refractivity contribution in [3.8, 4) is 17.1 Å². The molecule has 0 amide bonds. The second-order valence-corrected chi connectivity index (χ2v) is 5.49. The van der Waals surface area contributed by atoms with Gasteiger partial charge in [0.05, 0.1) is 6.10 Å². The number of nitrogens with two attached hydrogens (primary N) is 1. The number of ether oxygens (including phenoxy) is 1. The van der Waals surface area contributed by atoms with Gasteiger partial charge >= 0.3 is 0 Å². The van der Waals surface area contributed by atoms with E-state index in [2.05, 4.69) is 36.9 Å². The lowest BCUT2D eigenvalue weighted by Gasteiger charge is -2.14. The quantitative estimate of drug-likeness (QED) is 0.735. The first-order valence-corrected chi connectivity index (χ1v) is 8.03. The average Bonchev–Trinajstić information content (AvgIpc) is 3.00. The molecule has 1 aromatic heterocycles. The van der Waals surface area contributed by atoms with Crippen LogP contribution >= 0.6 is 0 Å². The third kappa shape index (κ3) is 3.93. The molecule has 2 N–H and O–H groups in total. The van der Waals surface area contributed by atoms with Gasteiger partial charge in [0, 0.05) is 10.9 Å². The van der Waals surface area contributed by atoms with Crippen molar-refractivity contribution in [1.29, 1.82) is 0 Å².